The van der Waals surface area contributed by atoms with Crippen LogP contribution in [0.15, 0.2) is 12.2 Å². The Bertz CT molecular complexity index is 207. The SMILES string of the molecule is C=C(C)CCOC(F)(F)C(=O)NN. The van der Waals surface area contributed by atoms with Gasteiger partial charge in [0.2, 0.25) is 0 Å². The molecule has 0 spiro atoms. The zero-order valence-corrected chi connectivity index (χ0v) is 7.27. The average Bonchev–Trinajstić information content (AvgIpc) is 2.01. The molecular formula is C7H12F2N2O2. The molecule has 0 aliphatic carbocycles. The summed E-state index contributed by atoms with van der Waals surface area (Å²) in [6.07, 6.45) is -3.60. The zero-order chi connectivity index (χ0) is 10.5. The fourth-order valence-corrected chi connectivity index (χ4v) is 0.503. The zero-order valence-electron chi connectivity index (χ0n) is 7.27. The van der Waals surface area contributed by atoms with Crippen LogP contribution in [0.2, 0.25) is 0 Å². The molecule has 3 N–H and O–H groups in total. The normalized spacial score (nSPS) is 11.1. The Balaban J connectivity index is 3.89. The first-order chi connectivity index (χ1) is 5.90. The predicted octanol–water partition coefficient (Wildman–Crippen LogP) is 0.552. The summed E-state index contributed by atoms with van der Waals surface area (Å²) in [5.41, 5.74) is 2.01. The van der Waals surface area contributed by atoms with Crippen LogP contribution in [0.5, 0.6) is 0 Å². The number of halogens is 2. The van der Waals surface area contributed by atoms with Crippen molar-refractivity contribution in [1.29, 1.82) is 0 Å². The third kappa shape index (κ3) is 4.54. The van der Waals surface area contributed by atoms with Crippen molar-refractivity contribution in [3.05, 3.63) is 12.2 Å². The van der Waals surface area contributed by atoms with E-state index in [4.69, 9.17) is 0 Å². The molecule has 6 heteroatoms. The lowest BCUT2D eigenvalue weighted by atomic mass is 10.3. The van der Waals surface area contributed by atoms with Gasteiger partial charge in [-0.1, -0.05) is 5.57 Å². The molecule has 0 heterocycles. The fraction of sp³-hybridized carbons (Fsp3) is 0.571. The smallest absolute Gasteiger partial charge is 0.312 e. The van der Waals surface area contributed by atoms with Crippen LogP contribution < -0.4 is 11.3 Å². The summed E-state index contributed by atoms with van der Waals surface area (Å²) in [6, 6.07) is 0. The lowest BCUT2D eigenvalue weighted by Crippen LogP contribution is -2.45. The number of nitrogens with two attached hydrogens (primary N) is 1. The molecule has 0 aliphatic heterocycles. The topological polar surface area (TPSA) is 64.3 Å². The minimum atomic E-state index is -3.87. The number of amides is 1. The third-order valence-electron chi connectivity index (χ3n) is 1.21. The second-order valence-corrected chi connectivity index (χ2v) is 2.55. The minimum Gasteiger partial charge on any atom is -0.312 e. The first-order valence-corrected chi connectivity index (χ1v) is 3.57. The molecule has 0 rings (SSSR count). The van der Waals surface area contributed by atoms with Gasteiger partial charge in [0.15, 0.2) is 0 Å². The maximum Gasteiger partial charge on any atom is 0.437 e. The average molecular weight is 194 g/mol. The number of hydrogen-bond acceptors (Lipinski definition) is 3. The first kappa shape index (κ1) is 12.0. The van der Waals surface area contributed by atoms with Gasteiger partial charge >= 0.3 is 12.0 Å². The quantitative estimate of drug-likeness (QED) is 0.291. The summed E-state index contributed by atoms with van der Waals surface area (Å²) in [5.74, 6) is 2.85. The molecule has 13 heavy (non-hydrogen) atoms. The van der Waals surface area contributed by atoms with Crippen molar-refractivity contribution in [2.45, 2.75) is 19.5 Å². The van der Waals surface area contributed by atoms with Crippen molar-refractivity contribution in [3.63, 3.8) is 0 Å². The van der Waals surface area contributed by atoms with E-state index in [1.54, 1.807) is 6.92 Å². The van der Waals surface area contributed by atoms with Crippen molar-refractivity contribution in [2.24, 2.45) is 5.84 Å². The summed E-state index contributed by atoms with van der Waals surface area (Å²) in [4.78, 5) is 10.4. The van der Waals surface area contributed by atoms with E-state index >= 15 is 0 Å². The van der Waals surface area contributed by atoms with Crippen molar-refractivity contribution in [1.82, 2.24) is 5.43 Å². The largest absolute Gasteiger partial charge is 0.437 e. The second kappa shape index (κ2) is 4.88. The van der Waals surface area contributed by atoms with Gasteiger partial charge in [-0.25, -0.2) is 5.84 Å². The molecular weight excluding hydrogens is 182 g/mol. The fourth-order valence-electron chi connectivity index (χ4n) is 0.503. The summed E-state index contributed by atoms with van der Waals surface area (Å²) < 4.78 is 29.1. The lowest BCUT2D eigenvalue weighted by Gasteiger charge is -2.14. The number of nitrogens with one attached hydrogen (secondary N) is 1. The molecule has 0 unspecified atom stereocenters. The Hall–Kier alpha value is -1.01. The molecule has 0 bridgehead atoms. The van der Waals surface area contributed by atoms with Crippen LogP contribution in [-0.2, 0) is 9.53 Å². The Morgan fingerprint density at radius 3 is 2.62 bits per heavy atom. The molecule has 0 radical (unpaired) electrons. The molecule has 0 aromatic rings. The lowest BCUT2D eigenvalue weighted by molar-refractivity contribution is -0.230. The van der Waals surface area contributed by atoms with Gasteiger partial charge in [-0.15, -0.1) is 6.58 Å². The molecule has 1 amide bonds. The molecule has 0 fully saturated rings. The Kier molecular flexibility index (Phi) is 4.50. The van der Waals surface area contributed by atoms with Crippen LogP contribution in [0.3, 0.4) is 0 Å². The predicted molar refractivity (Wildman–Crippen MR) is 42.7 cm³/mol. The van der Waals surface area contributed by atoms with E-state index in [0.717, 1.165) is 0 Å². The van der Waals surface area contributed by atoms with Crippen LogP contribution in [0.25, 0.3) is 0 Å². The summed E-state index contributed by atoms with van der Waals surface area (Å²) >= 11 is 0. The third-order valence-corrected chi connectivity index (χ3v) is 1.21. The van der Waals surface area contributed by atoms with E-state index < -0.39 is 12.0 Å². The number of alkyl halides is 2. The Labute approximate surface area is 74.7 Å². The number of ether oxygens (including phenoxy) is 1. The highest BCUT2D eigenvalue weighted by molar-refractivity contribution is 5.81. The van der Waals surface area contributed by atoms with Crippen LogP contribution in [0.4, 0.5) is 8.78 Å². The van der Waals surface area contributed by atoms with Crippen molar-refractivity contribution >= 4 is 5.91 Å². The van der Waals surface area contributed by atoms with Crippen LogP contribution >= 0.6 is 0 Å². The number of rotatable bonds is 5. The number of carbonyl (C=O) groups excluding carboxylic acids is 1. The van der Waals surface area contributed by atoms with Crippen LogP contribution in [-0.4, -0.2) is 18.6 Å². The van der Waals surface area contributed by atoms with Crippen LogP contribution in [0, 0.1) is 0 Å². The highest BCUT2D eigenvalue weighted by atomic mass is 19.3. The molecule has 0 atom stereocenters. The maximum atomic E-state index is 12.5. The monoisotopic (exact) mass is 194 g/mol. The van der Waals surface area contributed by atoms with E-state index in [0.29, 0.717) is 5.57 Å². The van der Waals surface area contributed by atoms with E-state index in [1.807, 2.05) is 0 Å². The summed E-state index contributed by atoms with van der Waals surface area (Å²) in [6.45, 7) is 4.89. The van der Waals surface area contributed by atoms with Gasteiger partial charge in [-0.05, 0) is 13.3 Å². The minimum absolute atomic E-state index is 0.268. The molecule has 0 aliphatic rings. The van der Waals surface area contributed by atoms with E-state index in [2.05, 4.69) is 17.2 Å². The van der Waals surface area contributed by atoms with Crippen molar-refractivity contribution < 1.29 is 18.3 Å². The molecule has 0 saturated carbocycles. The van der Waals surface area contributed by atoms with Gasteiger partial charge in [0.25, 0.3) is 0 Å². The summed E-state index contributed by atoms with van der Waals surface area (Å²) in [5, 5.41) is 0. The highest BCUT2D eigenvalue weighted by Gasteiger charge is 2.39. The standard InChI is InChI=1S/C7H12F2N2O2/c1-5(2)3-4-13-7(8,9)6(12)11-10/h1,3-4,10H2,2H3,(H,11,12). The van der Waals surface area contributed by atoms with Gasteiger partial charge in [-0.3, -0.25) is 10.2 Å². The van der Waals surface area contributed by atoms with E-state index in [-0.39, 0.29) is 13.0 Å². The van der Waals surface area contributed by atoms with Crippen molar-refractivity contribution in [3.8, 4) is 0 Å². The van der Waals surface area contributed by atoms with Gasteiger partial charge in [0.1, 0.15) is 0 Å². The van der Waals surface area contributed by atoms with Crippen LogP contribution in [0.1, 0.15) is 13.3 Å². The summed E-state index contributed by atoms with van der Waals surface area (Å²) in [7, 11) is 0. The first-order valence-electron chi connectivity index (χ1n) is 3.57. The van der Waals surface area contributed by atoms with E-state index in [9.17, 15) is 13.6 Å². The number of hydrazine groups is 1. The second-order valence-electron chi connectivity index (χ2n) is 2.55. The van der Waals surface area contributed by atoms with E-state index in [1.165, 1.54) is 5.43 Å². The van der Waals surface area contributed by atoms with Gasteiger partial charge < -0.3 is 4.74 Å². The Morgan fingerprint density at radius 2 is 2.23 bits per heavy atom. The molecule has 0 aromatic carbocycles. The van der Waals surface area contributed by atoms with Gasteiger partial charge in [0, 0.05) is 0 Å². The molecule has 76 valence electrons. The maximum absolute atomic E-state index is 12.5. The van der Waals surface area contributed by atoms with Gasteiger partial charge in [-0.2, -0.15) is 8.78 Å². The number of hydrogen-bond donors (Lipinski definition) is 2. The Morgan fingerprint density at radius 1 is 1.69 bits per heavy atom. The van der Waals surface area contributed by atoms with Gasteiger partial charge in [0.05, 0.1) is 6.61 Å². The van der Waals surface area contributed by atoms with Crippen molar-refractivity contribution in [2.75, 3.05) is 6.61 Å². The number of carbonyl (C=O) groups is 1. The molecule has 4 nitrogen and oxygen atoms in total. The highest BCUT2D eigenvalue weighted by Crippen LogP contribution is 2.15. The molecule has 0 aromatic heterocycles. The molecule has 0 saturated heterocycles.